The molecule has 0 aliphatic heterocycles. The molecular formula is C9H10Br2O4. The van der Waals surface area contributed by atoms with Gasteiger partial charge < -0.3 is 20.4 Å². The van der Waals surface area contributed by atoms with Gasteiger partial charge in [0.25, 0.3) is 0 Å². The van der Waals surface area contributed by atoms with Gasteiger partial charge >= 0.3 is 0 Å². The summed E-state index contributed by atoms with van der Waals surface area (Å²) in [5.41, 5.74) is 0.396. The van der Waals surface area contributed by atoms with Crippen molar-refractivity contribution in [2.24, 2.45) is 0 Å². The predicted molar refractivity (Wildman–Crippen MR) is 61.6 cm³/mol. The molecule has 1 aromatic rings. The zero-order valence-electron chi connectivity index (χ0n) is 7.56. The molecule has 0 aliphatic rings. The van der Waals surface area contributed by atoms with E-state index in [2.05, 4.69) is 31.9 Å². The van der Waals surface area contributed by atoms with Gasteiger partial charge in [-0.15, -0.1) is 0 Å². The molecule has 0 saturated carbocycles. The molecule has 4 N–H and O–H groups in total. The van der Waals surface area contributed by atoms with Gasteiger partial charge in [0.1, 0.15) is 18.0 Å². The maximum absolute atomic E-state index is 9.60. The standard InChI is InChI=1S/C9H10Br2O4/c10-5-1-4(2-6(11)9(5)15)8(14)7(13)3-12/h1-2,7-8,12-15H,3H2. The number of aromatic hydroxyl groups is 1. The molecule has 4 nitrogen and oxygen atoms in total. The zero-order valence-corrected chi connectivity index (χ0v) is 10.7. The van der Waals surface area contributed by atoms with E-state index in [1.165, 1.54) is 12.1 Å². The monoisotopic (exact) mass is 340 g/mol. The van der Waals surface area contributed by atoms with Crippen LogP contribution in [0, 0.1) is 0 Å². The highest BCUT2D eigenvalue weighted by Crippen LogP contribution is 2.35. The molecule has 0 radical (unpaired) electrons. The van der Waals surface area contributed by atoms with Crippen molar-refractivity contribution in [2.75, 3.05) is 6.61 Å². The number of rotatable bonds is 3. The number of hydrogen-bond donors (Lipinski definition) is 4. The van der Waals surface area contributed by atoms with E-state index in [9.17, 15) is 15.3 Å². The first-order valence-corrected chi connectivity index (χ1v) is 5.71. The number of aliphatic hydroxyl groups excluding tert-OH is 3. The lowest BCUT2D eigenvalue weighted by Gasteiger charge is -2.17. The molecule has 1 rings (SSSR count). The number of halogens is 2. The molecule has 1 aromatic carbocycles. The van der Waals surface area contributed by atoms with Gasteiger partial charge in [0.2, 0.25) is 0 Å². The second-order valence-corrected chi connectivity index (χ2v) is 4.74. The van der Waals surface area contributed by atoms with Crippen LogP contribution in [0.15, 0.2) is 21.1 Å². The summed E-state index contributed by atoms with van der Waals surface area (Å²) in [6.45, 7) is -0.530. The highest BCUT2D eigenvalue weighted by molar-refractivity contribution is 9.11. The fourth-order valence-electron chi connectivity index (χ4n) is 1.08. The Kier molecular flexibility index (Phi) is 4.54. The van der Waals surface area contributed by atoms with Crippen LogP contribution < -0.4 is 0 Å². The van der Waals surface area contributed by atoms with E-state index < -0.39 is 18.8 Å². The molecule has 0 bridgehead atoms. The van der Waals surface area contributed by atoms with E-state index in [0.29, 0.717) is 14.5 Å². The maximum atomic E-state index is 9.60. The molecule has 0 aromatic heterocycles. The molecule has 0 amide bonds. The van der Waals surface area contributed by atoms with Gasteiger partial charge in [-0.25, -0.2) is 0 Å². The third-order valence-electron chi connectivity index (χ3n) is 1.93. The average molecular weight is 342 g/mol. The van der Waals surface area contributed by atoms with Crippen molar-refractivity contribution >= 4 is 31.9 Å². The summed E-state index contributed by atoms with van der Waals surface area (Å²) < 4.78 is 0.798. The van der Waals surface area contributed by atoms with Crippen molar-refractivity contribution in [3.8, 4) is 5.75 Å². The average Bonchev–Trinajstić information content (AvgIpc) is 2.23. The lowest BCUT2D eigenvalue weighted by molar-refractivity contribution is -0.0153. The second-order valence-electron chi connectivity index (χ2n) is 3.03. The van der Waals surface area contributed by atoms with Crippen molar-refractivity contribution in [3.63, 3.8) is 0 Å². The van der Waals surface area contributed by atoms with Gasteiger partial charge in [-0.3, -0.25) is 0 Å². The van der Waals surface area contributed by atoms with Crippen LogP contribution in [0.5, 0.6) is 5.75 Å². The van der Waals surface area contributed by atoms with E-state index in [1.54, 1.807) is 0 Å². The second kappa shape index (κ2) is 5.27. The van der Waals surface area contributed by atoms with Crippen LogP contribution in [-0.2, 0) is 0 Å². The van der Waals surface area contributed by atoms with Gasteiger partial charge in [0, 0.05) is 0 Å². The molecule has 2 unspecified atom stereocenters. The SMILES string of the molecule is OCC(O)C(O)c1cc(Br)c(O)c(Br)c1. The molecular weight excluding hydrogens is 332 g/mol. The predicted octanol–water partition coefficient (Wildman–Crippen LogP) is 1.30. The number of benzene rings is 1. The third kappa shape index (κ3) is 2.92. The summed E-state index contributed by atoms with van der Waals surface area (Å²) in [6, 6.07) is 2.95. The number of hydrogen-bond acceptors (Lipinski definition) is 4. The third-order valence-corrected chi connectivity index (χ3v) is 3.14. The van der Waals surface area contributed by atoms with E-state index in [1.807, 2.05) is 0 Å². The Hall–Kier alpha value is -0.140. The van der Waals surface area contributed by atoms with Crippen LogP contribution in [-0.4, -0.2) is 33.1 Å². The first kappa shape index (κ1) is 12.9. The van der Waals surface area contributed by atoms with Gasteiger partial charge in [-0.2, -0.15) is 0 Å². The minimum absolute atomic E-state index is 0.0180. The normalized spacial score (nSPS) is 15.0. The fraction of sp³-hybridized carbons (Fsp3) is 0.333. The molecule has 0 saturated heterocycles. The van der Waals surface area contributed by atoms with Crippen LogP contribution in [0.3, 0.4) is 0 Å². The Bertz CT molecular complexity index is 333. The molecule has 2 atom stereocenters. The fourth-order valence-corrected chi connectivity index (χ4v) is 2.30. The van der Waals surface area contributed by atoms with E-state index in [0.717, 1.165) is 0 Å². The molecule has 15 heavy (non-hydrogen) atoms. The van der Waals surface area contributed by atoms with Crippen LogP contribution in [0.4, 0.5) is 0 Å². The Labute approximate surface area is 103 Å². The van der Waals surface area contributed by atoms with E-state index >= 15 is 0 Å². The highest BCUT2D eigenvalue weighted by atomic mass is 79.9. The zero-order chi connectivity index (χ0) is 11.6. The van der Waals surface area contributed by atoms with Crippen molar-refractivity contribution in [2.45, 2.75) is 12.2 Å². The summed E-state index contributed by atoms with van der Waals surface area (Å²) in [4.78, 5) is 0. The first-order chi connectivity index (χ1) is 6.97. The van der Waals surface area contributed by atoms with Crippen LogP contribution in [0.2, 0.25) is 0 Å². The number of aliphatic hydroxyl groups is 3. The maximum Gasteiger partial charge on any atom is 0.143 e. The van der Waals surface area contributed by atoms with Gasteiger partial charge in [0.15, 0.2) is 0 Å². The summed E-state index contributed by atoms with van der Waals surface area (Å²) in [6.07, 6.45) is -2.43. The molecule has 6 heteroatoms. The highest BCUT2D eigenvalue weighted by Gasteiger charge is 2.19. The van der Waals surface area contributed by atoms with Crippen molar-refractivity contribution in [1.29, 1.82) is 0 Å². The molecule has 0 heterocycles. The Morgan fingerprint density at radius 1 is 1.13 bits per heavy atom. The summed E-state index contributed by atoms with van der Waals surface area (Å²) >= 11 is 6.20. The van der Waals surface area contributed by atoms with Crippen LogP contribution in [0.25, 0.3) is 0 Å². The molecule has 0 fully saturated rings. The molecule has 84 valence electrons. The Morgan fingerprint density at radius 3 is 2.00 bits per heavy atom. The van der Waals surface area contributed by atoms with E-state index in [-0.39, 0.29) is 5.75 Å². The topological polar surface area (TPSA) is 80.9 Å². The summed E-state index contributed by atoms with van der Waals surface area (Å²) in [5.74, 6) is 0.0180. The van der Waals surface area contributed by atoms with Gasteiger partial charge in [-0.05, 0) is 49.6 Å². The lowest BCUT2D eigenvalue weighted by Crippen LogP contribution is -2.22. The van der Waals surface area contributed by atoms with Crippen LogP contribution >= 0.6 is 31.9 Å². The Balaban J connectivity index is 3.06. The lowest BCUT2D eigenvalue weighted by atomic mass is 10.1. The first-order valence-electron chi connectivity index (χ1n) is 4.12. The van der Waals surface area contributed by atoms with Crippen molar-refractivity contribution < 1.29 is 20.4 Å². The van der Waals surface area contributed by atoms with Crippen LogP contribution in [0.1, 0.15) is 11.7 Å². The quantitative estimate of drug-likeness (QED) is 0.668. The minimum Gasteiger partial charge on any atom is -0.506 e. The smallest absolute Gasteiger partial charge is 0.143 e. The number of phenols is 1. The van der Waals surface area contributed by atoms with E-state index in [4.69, 9.17) is 5.11 Å². The Morgan fingerprint density at radius 2 is 1.60 bits per heavy atom. The van der Waals surface area contributed by atoms with Crippen molar-refractivity contribution in [3.05, 3.63) is 26.6 Å². The summed E-state index contributed by atoms with van der Waals surface area (Å²) in [5, 5.41) is 36.9. The summed E-state index contributed by atoms with van der Waals surface area (Å²) in [7, 11) is 0. The van der Waals surface area contributed by atoms with Gasteiger partial charge in [-0.1, -0.05) is 0 Å². The molecule has 0 spiro atoms. The van der Waals surface area contributed by atoms with Gasteiger partial charge in [0.05, 0.1) is 15.6 Å². The molecule has 0 aliphatic carbocycles. The number of phenolic OH excluding ortho intramolecular Hbond substituents is 1. The van der Waals surface area contributed by atoms with Crippen molar-refractivity contribution in [1.82, 2.24) is 0 Å². The largest absolute Gasteiger partial charge is 0.506 e. The minimum atomic E-state index is -1.24.